The average molecular weight is 389 g/mol. The van der Waals surface area contributed by atoms with Crippen LogP contribution in [0.25, 0.3) is 11.5 Å². The quantitative estimate of drug-likeness (QED) is 0.625. The lowest BCUT2D eigenvalue weighted by atomic mass is 9.90. The van der Waals surface area contributed by atoms with Crippen molar-refractivity contribution in [3.8, 4) is 11.5 Å². The van der Waals surface area contributed by atoms with Gasteiger partial charge in [0.1, 0.15) is 0 Å². The van der Waals surface area contributed by atoms with Crippen LogP contribution in [0.15, 0.2) is 59.0 Å². The highest BCUT2D eigenvalue weighted by Crippen LogP contribution is 2.23. The van der Waals surface area contributed by atoms with Gasteiger partial charge < -0.3 is 9.32 Å². The predicted octanol–water partition coefficient (Wildman–Crippen LogP) is 4.46. The zero-order valence-corrected chi connectivity index (χ0v) is 16.9. The van der Waals surface area contributed by atoms with Gasteiger partial charge in [0.25, 0.3) is 0 Å². The maximum Gasteiger partial charge on any atom is 0.247 e. The van der Waals surface area contributed by atoms with Crippen LogP contribution in [-0.2, 0) is 17.6 Å². The molecule has 0 radical (unpaired) electrons. The lowest BCUT2D eigenvalue weighted by Gasteiger charge is -2.32. The van der Waals surface area contributed by atoms with E-state index in [9.17, 15) is 4.79 Å². The number of hydrogen-bond donors (Lipinski definition) is 0. The van der Waals surface area contributed by atoms with Crippen LogP contribution in [0.2, 0.25) is 0 Å². The molecule has 5 heteroatoms. The lowest BCUT2D eigenvalue weighted by molar-refractivity contribution is -0.132. The van der Waals surface area contributed by atoms with E-state index in [2.05, 4.69) is 40.5 Å². The van der Waals surface area contributed by atoms with Crippen molar-refractivity contribution in [3.63, 3.8) is 0 Å². The summed E-state index contributed by atoms with van der Waals surface area (Å²) in [7, 11) is 0. The standard InChI is InChI=1S/C24H27N3O2/c1-18-7-9-21(10-8-18)24-26-25-22(29-24)11-12-23(28)27-15-13-20(14-16-27)17-19-5-3-2-4-6-19/h2-10,20H,11-17H2,1H3. The van der Waals surface area contributed by atoms with Crippen LogP contribution >= 0.6 is 0 Å². The molecule has 0 bridgehead atoms. The summed E-state index contributed by atoms with van der Waals surface area (Å²) in [5.41, 5.74) is 3.48. The number of piperidine rings is 1. The smallest absolute Gasteiger partial charge is 0.247 e. The Bertz CT molecular complexity index is 926. The molecule has 0 N–H and O–H groups in total. The monoisotopic (exact) mass is 389 g/mol. The second-order valence-electron chi connectivity index (χ2n) is 7.88. The van der Waals surface area contributed by atoms with Crippen molar-refractivity contribution in [1.29, 1.82) is 0 Å². The summed E-state index contributed by atoms with van der Waals surface area (Å²) >= 11 is 0. The summed E-state index contributed by atoms with van der Waals surface area (Å²) in [6.45, 7) is 3.72. The second kappa shape index (κ2) is 9.03. The molecule has 150 valence electrons. The second-order valence-corrected chi connectivity index (χ2v) is 7.88. The van der Waals surface area contributed by atoms with E-state index in [1.807, 2.05) is 36.1 Å². The predicted molar refractivity (Wildman–Crippen MR) is 112 cm³/mol. The van der Waals surface area contributed by atoms with Crippen LogP contribution in [0.3, 0.4) is 0 Å². The highest BCUT2D eigenvalue weighted by molar-refractivity contribution is 5.76. The lowest BCUT2D eigenvalue weighted by Crippen LogP contribution is -2.39. The van der Waals surface area contributed by atoms with E-state index >= 15 is 0 Å². The highest BCUT2D eigenvalue weighted by Gasteiger charge is 2.23. The zero-order valence-electron chi connectivity index (χ0n) is 16.9. The first-order valence-electron chi connectivity index (χ1n) is 10.4. The number of carbonyl (C=O) groups excluding carboxylic acids is 1. The summed E-state index contributed by atoms with van der Waals surface area (Å²) in [5.74, 6) is 1.87. The van der Waals surface area contributed by atoms with Crippen molar-refractivity contribution in [3.05, 3.63) is 71.6 Å². The molecule has 1 amide bonds. The van der Waals surface area contributed by atoms with E-state index in [4.69, 9.17) is 4.42 Å². The van der Waals surface area contributed by atoms with Gasteiger partial charge in [0.2, 0.25) is 17.7 Å². The van der Waals surface area contributed by atoms with Crippen molar-refractivity contribution in [2.75, 3.05) is 13.1 Å². The fourth-order valence-corrected chi connectivity index (χ4v) is 3.87. The van der Waals surface area contributed by atoms with E-state index in [1.165, 1.54) is 11.1 Å². The van der Waals surface area contributed by atoms with E-state index in [-0.39, 0.29) is 5.91 Å². The minimum absolute atomic E-state index is 0.179. The van der Waals surface area contributed by atoms with Gasteiger partial charge in [0, 0.05) is 31.5 Å². The molecule has 2 heterocycles. The van der Waals surface area contributed by atoms with Crippen molar-refractivity contribution < 1.29 is 9.21 Å². The average Bonchev–Trinajstić information content (AvgIpc) is 3.23. The molecule has 0 spiro atoms. The van der Waals surface area contributed by atoms with Gasteiger partial charge in [0.05, 0.1) is 0 Å². The number of amides is 1. The number of benzene rings is 2. The normalized spacial score (nSPS) is 14.9. The van der Waals surface area contributed by atoms with Gasteiger partial charge in [-0.25, -0.2) is 0 Å². The fraction of sp³-hybridized carbons (Fsp3) is 0.375. The van der Waals surface area contributed by atoms with E-state index in [0.717, 1.165) is 37.9 Å². The molecule has 5 nitrogen and oxygen atoms in total. The molecule has 0 saturated carbocycles. The van der Waals surface area contributed by atoms with E-state index < -0.39 is 0 Å². The maximum absolute atomic E-state index is 12.6. The molecule has 1 saturated heterocycles. The molecule has 4 rings (SSSR count). The van der Waals surface area contributed by atoms with E-state index in [0.29, 0.717) is 30.5 Å². The summed E-state index contributed by atoms with van der Waals surface area (Å²) in [6.07, 6.45) is 4.14. The minimum atomic E-state index is 0.179. The first-order valence-corrected chi connectivity index (χ1v) is 10.4. The Morgan fingerprint density at radius 3 is 2.48 bits per heavy atom. The van der Waals surface area contributed by atoms with Crippen LogP contribution in [0.1, 0.15) is 36.3 Å². The molecule has 1 aliphatic heterocycles. The van der Waals surface area contributed by atoms with Gasteiger partial charge in [-0.05, 0) is 49.8 Å². The van der Waals surface area contributed by atoms with Crippen molar-refractivity contribution in [2.45, 2.75) is 39.0 Å². The molecule has 29 heavy (non-hydrogen) atoms. The van der Waals surface area contributed by atoms with Crippen molar-refractivity contribution in [2.24, 2.45) is 5.92 Å². The van der Waals surface area contributed by atoms with Gasteiger partial charge in [-0.1, -0.05) is 48.0 Å². The molecular formula is C24H27N3O2. The number of carbonyl (C=O) groups is 1. The maximum atomic E-state index is 12.6. The Labute approximate surface area is 171 Å². The molecule has 0 atom stereocenters. The molecular weight excluding hydrogens is 362 g/mol. The Hall–Kier alpha value is -2.95. The third-order valence-corrected chi connectivity index (χ3v) is 5.65. The highest BCUT2D eigenvalue weighted by atomic mass is 16.4. The molecule has 2 aromatic carbocycles. The van der Waals surface area contributed by atoms with Gasteiger partial charge in [-0.2, -0.15) is 0 Å². The third kappa shape index (κ3) is 5.11. The summed E-state index contributed by atoms with van der Waals surface area (Å²) < 4.78 is 5.74. The Kier molecular flexibility index (Phi) is 6.03. The van der Waals surface area contributed by atoms with Crippen molar-refractivity contribution in [1.82, 2.24) is 15.1 Å². The van der Waals surface area contributed by atoms with Gasteiger partial charge in [-0.3, -0.25) is 4.79 Å². The Morgan fingerprint density at radius 2 is 1.76 bits per heavy atom. The van der Waals surface area contributed by atoms with Gasteiger partial charge >= 0.3 is 0 Å². The SMILES string of the molecule is Cc1ccc(-c2nnc(CCC(=O)N3CCC(Cc4ccccc4)CC3)o2)cc1. The number of aryl methyl sites for hydroxylation is 2. The van der Waals surface area contributed by atoms with Crippen LogP contribution in [0.5, 0.6) is 0 Å². The number of aromatic nitrogens is 2. The van der Waals surface area contributed by atoms with Crippen LogP contribution in [0, 0.1) is 12.8 Å². The van der Waals surface area contributed by atoms with E-state index in [1.54, 1.807) is 0 Å². The molecule has 0 unspecified atom stereocenters. The largest absolute Gasteiger partial charge is 0.421 e. The molecule has 0 aliphatic carbocycles. The summed E-state index contributed by atoms with van der Waals surface area (Å²) in [4.78, 5) is 14.6. The molecule has 3 aromatic rings. The van der Waals surface area contributed by atoms with Crippen LogP contribution < -0.4 is 0 Å². The number of likely N-dealkylation sites (tertiary alicyclic amines) is 1. The molecule has 1 fully saturated rings. The van der Waals surface area contributed by atoms with Gasteiger partial charge in [0.15, 0.2) is 0 Å². The number of rotatable bonds is 6. The van der Waals surface area contributed by atoms with Gasteiger partial charge in [-0.15, -0.1) is 10.2 Å². The molecule has 1 aromatic heterocycles. The minimum Gasteiger partial charge on any atom is -0.421 e. The first-order chi connectivity index (χ1) is 14.2. The Morgan fingerprint density at radius 1 is 1.03 bits per heavy atom. The van der Waals surface area contributed by atoms with Crippen molar-refractivity contribution >= 4 is 5.91 Å². The van der Waals surface area contributed by atoms with Crippen LogP contribution in [0.4, 0.5) is 0 Å². The first kappa shape index (κ1) is 19.4. The summed E-state index contributed by atoms with van der Waals surface area (Å²) in [5, 5.41) is 8.22. The topological polar surface area (TPSA) is 59.2 Å². The molecule has 1 aliphatic rings. The zero-order chi connectivity index (χ0) is 20.1. The third-order valence-electron chi connectivity index (χ3n) is 5.65. The summed E-state index contributed by atoms with van der Waals surface area (Å²) in [6, 6.07) is 18.6. The van der Waals surface area contributed by atoms with Crippen LogP contribution in [-0.4, -0.2) is 34.1 Å². The Balaban J connectivity index is 1.24. The number of hydrogen-bond acceptors (Lipinski definition) is 4. The fourth-order valence-electron chi connectivity index (χ4n) is 3.87. The number of nitrogens with zero attached hydrogens (tertiary/aromatic N) is 3.